The molecule has 1 aliphatic rings. The Morgan fingerprint density at radius 3 is 2.33 bits per heavy atom. The highest BCUT2D eigenvalue weighted by molar-refractivity contribution is 6.33. The summed E-state index contributed by atoms with van der Waals surface area (Å²) in [5.41, 5.74) is -0.0866. The van der Waals surface area contributed by atoms with Crippen LogP contribution >= 0.6 is 23.2 Å². The van der Waals surface area contributed by atoms with Gasteiger partial charge in [0.2, 0.25) is 16.3 Å². The number of benzene rings is 1. The lowest BCUT2D eigenvalue weighted by Gasteiger charge is -2.43. The molecule has 0 unspecified atom stereocenters. The predicted octanol–water partition coefficient (Wildman–Crippen LogP) is 5.34. The summed E-state index contributed by atoms with van der Waals surface area (Å²) in [6.07, 6.45) is 2.11. The summed E-state index contributed by atoms with van der Waals surface area (Å²) in [4.78, 5) is 30.3. The van der Waals surface area contributed by atoms with Gasteiger partial charge in [-0.1, -0.05) is 23.7 Å². The van der Waals surface area contributed by atoms with E-state index >= 15 is 0 Å². The molecule has 2 aromatic rings. The van der Waals surface area contributed by atoms with Gasteiger partial charge >= 0.3 is 11.8 Å². The maximum Gasteiger partial charge on any atom is 0.408 e. The molecule has 1 aromatic heterocycles. The molecule has 1 saturated carbocycles. The Kier molecular flexibility index (Phi) is 6.05. The van der Waals surface area contributed by atoms with Gasteiger partial charge in [0.15, 0.2) is 0 Å². The summed E-state index contributed by atoms with van der Waals surface area (Å²) in [5.74, 6) is -0.108. The summed E-state index contributed by atoms with van der Waals surface area (Å²) in [6.45, 7) is 5.43. The van der Waals surface area contributed by atoms with E-state index in [0.29, 0.717) is 5.69 Å². The Labute approximate surface area is 183 Å². The van der Waals surface area contributed by atoms with Crippen molar-refractivity contribution in [1.82, 2.24) is 15.3 Å². The van der Waals surface area contributed by atoms with E-state index in [1.807, 2.05) is 32.9 Å². The van der Waals surface area contributed by atoms with E-state index in [1.165, 1.54) is 0 Å². The molecule has 0 aliphatic heterocycles. The fraction of sp³-hybridized carbons (Fsp3) is 0.421. The summed E-state index contributed by atoms with van der Waals surface area (Å²) in [5, 5.41) is 16.6. The molecule has 160 valence electrons. The zero-order valence-electron chi connectivity index (χ0n) is 16.7. The summed E-state index contributed by atoms with van der Waals surface area (Å²) < 4.78 is 5.39. The van der Waals surface area contributed by atoms with Gasteiger partial charge in [0.05, 0.1) is 10.5 Å². The number of aromatic nitrogens is 2. The third-order valence-corrected chi connectivity index (χ3v) is 5.08. The normalized spacial score (nSPS) is 15.1. The molecule has 0 atom stereocenters. The van der Waals surface area contributed by atoms with Crippen molar-refractivity contribution in [2.24, 2.45) is 0 Å². The molecule has 1 aliphatic carbocycles. The van der Waals surface area contributed by atoms with E-state index in [-0.39, 0.29) is 16.3 Å². The Bertz CT molecular complexity index is 972. The monoisotopic (exact) mass is 453 g/mol. The Hall–Kier alpha value is -2.65. The maximum atomic E-state index is 12.3. The topological polar surface area (TPSA) is 119 Å². The van der Waals surface area contributed by atoms with E-state index in [0.717, 1.165) is 24.8 Å². The van der Waals surface area contributed by atoms with Crippen molar-refractivity contribution in [2.75, 3.05) is 5.32 Å². The minimum atomic E-state index is -0.677. The van der Waals surface area contributed by atoms with E-state index in [4.69, 9.17) is 27.9 Å². The molecule has 9 nitrogen and oxygen atoms in total. The van der Waals surface area contributed by atoms with Crippen molar-refractivity contribution in [3.8, 4) is 0 Å². The van der Waals surface area contributed by atoms with Gasteiger partial charge in [-0.15, -0.1) is 0 Å². The van der Waals surface area contributed by atoms with Gasteiger partial charge in [0.1, 0.15) is 5.60 Å². The number of carbonyl (C=O) groups is 1. The van der Waals surface area contributed by atoms with Crippen molar-refractivity contribution < 1.29 is 14.5 Å². The van der Waals surface area contributed by atoms with Crippen LogP contribution in [0, 0.1) is 10.1 Å². The first-order valence-electron chi connectivity index (χ1n) is 9.25. The number of halogens is 2. The number of carbonyl (C=O) groups excluding carboxylic acids is 1. The molecule has 30 heavy (non-hydrogen) atoms. The quantitative estimate of drug-likeness (QED) is 0.271. The summed E-state index contributed by atoms with van der Waals surface area (Å²) >= 11 is 11.6. The highest BCUT2D eigenvalue weighted by Gasteiger charge is 2.41. The van der Waals surface area contributed by atoms with Crippen molar-refractivity contribution in [1.29, 1.82) is 0 Å². The number of amides is 1. The van der Waals surface area contributed by atoms with Crippen LogP contribution in [0.3, 0.4) is 0 Å². The number of nitrogens with one attached hydrogen (secondary N) is 2. The molecule has 0 radical (unpaired) electrons. The van der Waals surface area contributed by atoms with Crippen LogP contribution in [-0.4, -0.2) is 26.6 Å². The smallest absolute Gasteiger partial charge is 0.408 e. The average Bonchev–Trinajstić information content (AvgIpc) is 2.56. The van der Waals surface area contributed by atoms with Crippen molar-refractivity contribution in [2.45, 2.75) is 51.2 Å². The molecule has 0 spiro atoms. The molecule has 1 fully saturated rings. The fourth-order valence-corrected chi connectivity index (χ4v) is 3.63. The van der Waals surface area contributed by atoms with Gasteiger partial charge in [0, 0.05) is 5.69 Å². The van der Waals surface area contributed by atoms with E-state index in [1.54, 1.807) is 12.1 Å². The maximum absolute atomic E-state index is 12.3. The van der Waals surface area contributed by atoms with Crippen LogP contribution in [0.25, 0.3) is 0 Å². The molecule has 11 heteroatoms. The van der Waals surface area contributed by atoms with Crippen LogP contribution in [0.15, 0.2) is 24.3 Å². The van der Waals surface area contributed by atoms with Crippen LogP contribution in [0.1, 0.15) is 45.6 Å². The standard InChI is InChI=1S/C19H21Cl2N5O4/c1-18(2,3)30-17(27)25-19(9-4-10-19)11-5-7-12(8-6-11)22-15-13(26(28)29)14(20)23-16(21)24-15/h5-8H,4,9-10H2,1-3H3,(H,25,27)(H,22,23,24). The number of rotatable bonds is 5. The largest absolute Gasteiger partial charge is 0.444 e. The second-order valence-electron chi connectivity index (χ2n) is 8.00. The van der Waals surface area contributed by atoms with Crippen LogP contribution in [0.2, 0.25) is 10.4 Å². The van der Waals surface area contributed by atoms with Crippen molar-refractivity contribution >= 4 is 46.5 Å². The number of nitro groups is 1. The lowest BCUT2D eigenvalue weighted by atomic mass is 9.72. The molecule has 2 N–H and O–H groups in total. The molecular weight excluding hydrogens is 433 g/mol. The van der Waals surface area contributed by atoms with Crippen molar-refractivity contribution in [3.63, 3.8) is 0 Å². The minimum absolute atomic E-state index is 0.108. The second-order valence-corrected chi connectivity index (χ2v) is 8.70. The number of nitrogens with zero attached hydrogens (tertiary/aromatic N) is 3. The lowest BCUT2D eigenvalue weighted by Crippen LogP contribution is -2.52. The highest BCUT2D eigenvalue weighted by Crippen LogP contribution is 2.42. The first-order valence-corrected chi connectivity index (χ1v) is 10.0. The number of hydrogen-bond acceptors (Lipinski definition) is 7. The van der Waals surface area contributed by atoms with Gasteiger partial charge in [0.25, 0.3) is 0 Å². The summed E-state index contributed by atoms with van der Waals surface area (Å²) in [7, 11) is 0. The van der Waals surface area contributed by atoms with Crippen molar-refractivity contribution in [3.05, 3.63) is 50.4 Å². The second kappa shape index (κ2) is 8.23. The number of anilines is 2. The third kappa shape index (κ3) is 4.91. The Morgan fingerprint density at radius 2 is 1.83 bits per heavy atom. The molecule has 3 rings (SSSR count). The molecule has 0 bridgehead atoms. The van der Waals surface area contributed by atoms with Gasteiger partial charge < -0.3 is 15.4 Å². The zero-order valence-corrected chi connectivity index (χ0v) is 18.2. The highest BCUT2D eigenvalue weighted by atomic mass is 35.5. The summed E-state index contributed by atoms with van der Waals surface area (Å²) in [6, 6.07) is 7.16. The average molecular weight is 454 g/mol. The molecular formula is C19H21Cl2N5O4. The van der Waals surface area contributed by atoms with Crippen LogP contribution in [0.4, 0.5) is 22.0 Å². The van der Waals surface area contributed by atoms with Crippen LogP contribution in [0.5, 0.6) is 0 Å². The van der Waals surface area contributed by atoms with E-state index in [2.05, 4.69) is 20.6 Å². The Morgan fingerprint density at radius 1 is 1.20 bits per heavy atom. The lowest BCUT2D eigenvalue weighted by molar-refractivity contribution is -0.384. The number of alkyl carbamates (subject to hydrolysis) is 1. The van der Waals surface area contributed by atoms with Gasteiger partial charge in [-0.25, -0.2) is 4.79 Å². The zero-order chi connectivity index (χ0) is 22.1. The van der Waals surface area contributed by atoms with Crippen LogP contribution in [-0.2, 0) is 10.3 Å². The molecule has 0 saturated heterocycles. The van der Waals surface area contributed by atoms with E-state index < -0.39 is 27.8 Å². The predicted molar refractivity (Wildman–Crippen MR) is 113 cm³/mol. The third-order valence-electron chi connectivity index (χ3n) is 4.64. The molecule has 1 amide bonds. The van der Waals surface area contributed by atoms with Crippen LogP contribution < -0.4 is 10.6 Å². The fourth-order valence-electron chi connectivity index (χ4n) is 3.18. The van der Waals surface area contributed by atoms with E-state index in [9.17, 15) is 14.9 Å². The number of hydrogen-bond donors (Lipinski definition) is 2. The minimum Gasteiger partial charge on any atom is -0.444 e. The van der Waals surface area contributed by atoms with Gasteiger partial charge in [-0.2, -0.15) is 9.97 Å². The Balaban J connectivity index is 1.80. The first kappa shape index (κ1) is 22.0. The van der Waals surface area contributed by atoms with Gasteiger partial charge in [-0.05, 0) is 69.3 Å². The van der Waals surface area contributed by atoms with Gasteiger partial charge in [-0.3, -0.25) is 10.1 Å². The molecule has 1 heterocycles. The molecule has 1 aromatic carbocycles. The first-order chi connectivity index (χ1) is 14.0. The number of ether oxygens (including phenoxy) is 1. The SMILES string of the molecule is CC(C)(C)OC(=O)NC1(c2ccc(Nc3nc(Cl)nc(Cl)c3[N+](=O)[O-])cc2)CCC1.